The summed E-state index contributed by atoms with van der Waals surface area (Å²) >= 11 is 0. The van der Waals surface area contributed by atoms with Crippen LogP contribution in [-0.2, 0) is 24.4 Å². The second kappa shape index (κ2) is 11.0. The van der Waals surface area contributed by atoms with Gasteiger partial charge in [0.1, 0.15) is 6.61 Å². The van der Waals surface area contributed by atoms with Crippen molar-refractivity contribution in [3.63, 3.8) is 0 Å². The molecular weight excluding hydrogens is 381 g/mol. The Hall–Kier alpha value is -2.38. The summed E-state index contributed by atoms with van der Waals surface area (Å²) in [5.74, 6) is -0.169. The normalized spacial score (nSPS) is 11.7. The lowest BCUT2D eigenvalue weighted by Crippen LogP contribution is -2.23. The Morgan fingerprint density at radius 1 is 0.931 bits per heavy atom. The summed E-state index contributed by atoms with van der Waals surface area (Å²) in [5.41, 5.74) is 3.25. The van der Waals surface area contributed by atoms with Crippen molar-refractivity contribution in [2.75, 3.05) is 19.7 Å². The number of carbonyl (C=O) groups excluding carboxylic acids is 1. The highest BCUT2D eigenvalue weighted by atomic mass is 19.4. The van der Waals surface area contributed by atoms with Gasteiger partial charge < -0.3 is 10.1 Å². The van der Waals surface area contributed by atoms with Crippen LogP contribution in [0.1, 0.15) is 40.9 Å². The minimum absolute atomic E-state index is 0.105. The lowest BCUT2D eigenvalue weighted by molar-refractivity contribution is -0.176. The first kappa shape index (κ1) is 22.9. The summed E-state index contributed by atoms with van der Waals surface area (Å²) in [5, 5.41) is 2.85. The first-order chi connectivity index (χ1) is 13.8. The van der Waals surface area contributed by atoms with Crippen LogP contribution in [-0.4, -0.2) is 36.7 Å². The zero-order valence-electron chi connectivity index (χ0n) is 16.8. The average molecular weight is 408 g/mol. The van der Waals surface area contributed by atoms with Gasteiger partial charge in [-0.3, -0.25) is 9.69 Å². The highest BCUT2D eigenvalue weighted by Crippen LogP contribution is 2.16. The van der Waals surface area contributed by atoms with Crippen molar-refractivity contribution >= 4 is 5.91 Å². The van der Waals surface area contributed by atoms with Gasteiger partial charge in [-0.2, -0.15) is 13.2 Å². The zero-order valence-corrected chi connectivity index (χ0v) is 16.8. The Kier molecular flexibility index (Phi) is 8.67. The predicted molar refractivity (Wildman–Crippen MR) is 106 cm³/mol. The van der Waals surface area contributed by atoms with Gasteiger partial charge in [0.05, 0.1) is 6.61 Å². The van der Waals surface area contributed by atoms with Gasteiger partial charge in [0.2, 0.25) is 0 Å². The van der Waals surface area contributed by atoms with Crippen LogP contribution < -0.4 is 5.32 Å². The van der Waals surface area contributed by atoms with E-state index < -0.39 is 12.8 Å². The van der Waals surface area contributed by atoms with Crippen molar-refractivity contribution in [2.45, 2.75) is 39.7 Å². The first-order valence-corrected chi connectivity index (χ1v) is 9.62. The molecule has 0 atom stereocenters. The molecule has 158 valence electrons. The number of halogens is 3. The van der Waals surface area contributed by atoms with E-state index in [1.165, 1.54) is 0 Å². The van der Waals surface area contributed by atoms with Gasteiger partial charge in [-0.05, 0) is 41.9 Å². The molecule has 1 amide bonds. The van der Waals surface area contributed by atoms with Gasteiger partial charge in [-0.1, -0.05) is 50.2 Å². The summed E-state index contributed by atoms with van der Waals surface area (Å²) < 4.78 is 40.9. The number of amides is 1. The van der Waals surface area contributed by atoms with E-state index in [0.717, 1.165) is 30.8 Å². The molecule has 0 aliphatic heterocycles. The Bertz CT molecular complexity index is 755. The standard InChI is InChI=1S/C22H27F3N2O2/c1-3-27(4-2)14-18-9-11-20(12-10-18)21(28)26-13-17-5-7-19(8-6-17)15-29-16-22(23,24)25/h5-12H,3-4,13-16H2,1-2H3,(H,26,28). The van der Waals surface area contributed by atoms with Crippen molar-refractivity contribution in [1.82, 2.24) is 10.2 Å². The molecule has 0 radical (unpaired) electrons. The monoisotopic (exact) mass is 408 g/mol. The molecule has 1 N–H and O–H groups in total. The van der Waals surface area contributed by atoms with Crippen LogP contribution in [0, 0.1) is 0 Å². The average Bonchev–Trinajstić information content (AvgIpc) is 2.70. The summed E-state index contributed by atoms with van der Waals surface area (Å²) in [7, 11) is 0. The van der Waals surface area contributed by atoms with Crippen LogP contribution in [0.2, 0.25) is 0 Å². The van der Waals surface area contributed by atoms with E-state index >= 15 is 0 Å². The molecule has 0 spiro atoms. The molecule has 2 aromatic rings. The topological polar surface area (TPSA) is 41.6 Å². The predicted octanol–water partition coefficient (Wildman–Crippen LogP) is 4.54. The largest absolute Gasteiger partial charge is 0.411 e. The lowest BCUT2D eigenvalue weighted by Gasteiger charge is -2.18. The third-order valence-corrected chi connectivity index (χ3v) is 4.53. The maximum Gasteiger partial charge on any atom is 0.411 e. The van der Waals surface area contributed by atoms with Crippen molar-refractivity contribution in [3.05, 3.63) is 70.8 Å². The highest BCUT2D eigenvalue weighted by molar-refractivity contribution is 5.94. The van der Waals surface area contributed by atoms with E-state index in [1.54, 1.807) is 24.3 Å². The Balaban J connectivity index is 1.81. The minimum Gasteiger partial charge on any atom is -0.367 e. The van der Waals surface area contributed by atoms with E-state index in [4.69, 9.17) is 0 Å². The Labute approximate surface area is 169 Å². The molecule has 2 aromatic carbocycles. The molecule has 2 rings (SSSR count). The van der Waals surface area contributed by atoms with E-state index in [9.17, 15) is 18.0 Å². The fourth-order valence-electron chi connectivity index (χ4n) is 2.79. The van der Waals surface area contributed by atoms with Gasteiger partial charge in [-0.25, -0.2) is 0 Å². The molecule has 0 bridgehead atoms. The van der Waals surface area contributed by atoms with Gasteiger partial charge >= 0.3 is 6.18 Å². The molecule has 7 heteroatoms. The van der Waals surface area contributed by atoms with Gasteiger partial charge in [0.25, 0.3) is 5.91 Å². The quantitative estimate of drug-likeness (QED) is 0.628. The van der Waals surface area contributed by atoms with Crippen LogP contribution in [0.5, 0.6) is 0 Å². The fraction of sp³-hybridized carbons (Fsp3) is 0.409. The second-order valence-electron chi connectivity index (χ2n) is 6.77. The maximum atomic E-state index is 12.3. The number of alkyl halides is 3. The zero-order chi connectivity index (χ0) is 21.3. The number of nitrogens with one attached hydrogen (secondary N) is 1. The smallest absolute Gasteiger partial charge is 0.367 e. The molecule has 29 heavy (non-hydrogen) atoms. The fourth-order valence-corrected chi connectivity index (χ4v) is 2.79. The number of benzene rings is 2. The van der Waals surface area contributed by atoms with E-state index in [-0.39, 0.29) is 12.5 Å². The van der Waals surface area contributed by atoms with Gasteiger partial charge in [0.15, 0.2) is 0 Å². The number of hydrogen-bond acceptors (Lipinski definition) is 3. The molecule has 0 heterocycles. The van der Waals surface area contributed by atoms with Crippen molar-refractivity contribution in [2.24, 2.45) is 0 Å². The van der Waals surface area contributed by atoms with Crippen LogP contribution in [0.4, 0.5) is 13.2 Å². The van der Waals surface area contributed by atoms with Crippen LogP contribution in [0.3, 0.4) is 0 Å². The Morgan fingerprint density at radius 2 is 1.48 bits per heavy atom. The van der Waals surface area contributed by atoms with E-state index in [2.05, 4.69) is 28.8 Å². The molecule has 0 fully saturated rings. The molecule has 4 nitrogen and oxygen atoms in total. The number of hydrogen-bond donors (Lipinski definition) is 1. The summed E-state index contributed by atoms with van der Waals surface area (Å²) in [6.07, 6.45) is -4.33. The van der Waals surface area contributed by atoms with Gasteiger partial charge in [0, 0.05) is 18.7 Å². The van der Waals surface area contributed by atoms with E-state index in [1.807, 2.05) is 24.3 Å². The van der Waals surface area contributed by atoms with Crippen LogP contribution >= 0.6 is 0 Å². The van der Waals surface area contributed by atoms with Gasteiger partial charge in [-0.15, -0.1) is 0 Å². The summed E-state index contributed by atoms with van der Waals surface area (Å²) in [6.45, 7) is 6.01. The van der Waals surface area contributed by atoms with Crippen molar-refractivity contribution in [1.29, 1.82) is 0 Å². The molecule has 0 aliphatic rings. The number of carbonyl (C=O) groups is 1. The molecule has 0 saturated heterocycles. The summed E-state index contributed by atoms with van der Waals surface area (Å²) in [4.78, 5) is 14.6. The summed E-state index contributed by atoms with van der Waals surface area (Å²) in [6, 6.07) is 14.5. The number of rotatable bonds is 10. The van der Waals surface area contributed by atoms with E-state index in [0.29, 0.717) is 17.7 Å². The SMILES string of the molecule is CCN(CC)Cc1ccc(C(=O)NCc2ccc(COCC(F)(F)F)cc2)cc1. The maximum absolute atomic E-state index is 12.3. The third kappa shape index (κ3) is 8.25. The van der Waals surface area contributed by atoms with Crippen LogP contribution in [0.15, 0.2) is 48.5 Å². The van der Waals surface area contributed by atoms with Crippen LogP contribution in [0.25, 0.3) is 0 Å². The lowest BCUT2D eigenvalue weighted by atomic mass is 10.1. The molecule has 0 unspecified atom stereocenters. The second-order valence-corrected chi connectivity index (χ2v) is 6.77. The minimum atomic E-state index is -4.33. The highest BCUT2D eigenvalue weighted by Gasteiger charge is 2.27. The number of ether oxygens (including phenoxy) is 1. The third-order valence-electron chi connectivity index (χ3n) is 4.53. The molecular formula is C22H27F3N2O2. The van der Waals surface area contributed by atoms with Crippen molar-refractivity contribution < 1.29 is 22.7 Å². The Morgan fingerprint density at radius 3 is 2.03 bits per heavy atom. The molecule has 0 saturated carbocycles. The number of nitrogens with zero attached hydrogens (tertiary/aromatic N) is 1. The molecule has 0 aliphatic carbocycles. The van der Waals surface area contributed by atoms with Crippen molar-refractivity contribution in [3.8, 4) is 0 Å². The molecule has 0 aromatic heterocycles. The first-order valence-electron chi connectivity index (χ1n) is 9.62.